The fraction of sp³-hybridized carbons (Fsp3) is 0.636. The highest BCUT2D eigenvalue weighted by Crippen LogP contribution is 1.98. The largest absolute Gasteiger partial charge is 0.472 e. The third kappa shape index (κ3) is 5.04. The molecule has 0 spiro atoms. The first-order valence-corrected chi connectivity index (χ1v) is 5.05. The second-order valence-electron chi connectivity index (χ2n) is 4.49. The van der Waals surface area contributed by atoms with Gasteiger partial charge < -0.3 is 15.1 Å². The molecule has 0 saturated carbocycles. The van der Waals surface area contributed by atoms with E-state index in [1.807, 2.05) is 6.07 Å². The smallest absolute Gasteiger partial charge is 0.0947 e. The van der Waals surface area contributed by atoms with E-state index in [1.165, 1.54) is 5.56 Å². The molecule has 0 amide bonds. The van der Waals surface area contributed by atoms with Gasteiger partial charge in [0, 0.05) is 30.7 Å². The van der Waals surface area contributed by atoms with Gasteiger partial charge in [-0.2, -0.15) is 0 Å². The standard InChI is InChI=1S/C11H20N2O/c1-11(2,3)13-6-5-12-8-10-4-7-14-9-10/h4,7,9,12-13H,5-6,8H2,1-3H3. The van der Waals surface area contributed by atoms with Crippen molar-refractivity contribution >= 4 is 0 Å². The number of hydrogen-bond donors (Lipinski definition) is 2. The Morgan fingerprint density at radius 2 is 2.07 bits per heavy atom. The Balaban J connectivity index is 2.00. The van der Waals surface area contributed by atoms with Crippen molar-refractivity contribution in [1.82, 2.24) is 10.6 Å². The Morgan fingerprint density at radius 1 is 1.29 bits per heavy atom. The topological polar surface area (TPSA) is 37.2 Å². The van der Waals surface area contributed by atoms with E-state index in [-0.39, 0.29) is 5.54 Å². The number of nitrogens with one attached hydrogen (secondary N) is 2. The molecule has 1 heterocycles. The van der Waals surface area contributed by atoms with Crippen molar-refractivity contribution in [1.29, 1.82) is 0 Å². The van der Waals surface area contributed by atoms with Crippen molar-refractivity contribution in [2.45, 2.75) is 32.9 Å². The van der Waals surface area contributed by atoms with E-state index in [4.69, 9.17) is 4.42 Å². The zero-order valence-electron chi connectivity index (χ0n) is 9.26. The molecule has 0 aliphatic carbocycles. The molecule has 0 radical (unpaired) electrons. The Morgan fingerprint density at radius 3 is 2.64 bits per heavy atom. The van der Waals surface area contributed by atoms with Crippen LogP contribution in [0, 0.1) is 0 Å². The fourth-order valence-corrected chi connectivity index (χ4v) is 1.15. The summed E-state index contributed by atoms with van der Waals surface area (Å²) in [5.74, 6) is 0. The first-order valence-electron chi connectivity index (χ1n) is 5.05. The van der Waals surface area contributed by atoms with Crippen molar-refractivity contribution in [2.75, 3.05) is 13.1 Å². The highest BCUT2D eigenvalue weighted by molar-refractivity contribution is 5.04. The molecule has 14 heavy (non-hydrogen) atoms. The molecule has 0 aromatic carbocycles. The molecule has 2 N–H and O–H groups in total. The van der Waals surface area contributed by atoms with Crippen LogP contribution in [0.25, 0.3) is 0 Å². The zero-order chi connectivity index (χ0) is 10.4. The lowest BCUT2D eigenvalue weighted by molar-refractivity contribution is 0.421. The van der Waals surface area contributed by atoms with E-state index in [1.54, 1.807) is 12.5 Å². The van der Waals surface area contributed by atoms with Gasteiger partial charge in [0.05, 0.1) is 12.5 Å². The second-order valence-corrected chi connectivity index (χ2v) is 4.49. The Bertz CT molecular complexity index is 236. The van der Waals surface area contributed by atoms with Crippen LogP contribution in [0.15, 0.2) is 23.0 Å². The van der Waals surface area contributed by atoms with Gasteiger partial charge in [0.25, 0.3) is 0 Å². The predicted molar refractivity (Wildman–Crippen MR) is 58.2 cm³/mol. The number of hydrogen-bond acceptors (Lipinski definition) is 3. The first kappa shape index (κ1) is 11.3. The van der Waals surface area contributed by atoms with Crippen LogP contribution in [0.3, 0.4) is 0 Å². The Labute approximate surface area is 85.9 Å². The van der Waals surface area contributed by atoms with Crippen molar-refractivity contribution in [3.05, 3.63) is 24.2 Å². The maximum absolute atomic E-state index is 4.97. The maximum Gasteiger partial charge on any atom is 0.0947 e. The molecule has 0 bridgehead atoms. The second kappa shape index (κ2) is 5.17. The van der Waals surface area contributed by atoms with E-state index in [0.717, 1.165) is 19.6 Å². The van der Waals surface area contributed by atoms with Gasteiger partial charge in [-0.1, -0.05) is 0 Å². The minimum absolute atomic E-state index is 0.206. The van der Waals surface area contributed by atoms with E-state index in [9.17, 15) is 0 Å². The van der Waals surface area contributed by atoms with Crippen LogP contribution in [-0.4, -0.2) is 18.6 Å². The van der Waals surface area contributed by atoms with Gasteiger partial charge in [-0.15, -0.1) is 0 Å². The summed E-state index contributed by atoms with van der Waals surface area (Å²) < 4.78 is 4.97. The summed E-state index contributed by atoms with van der Waals surface area (Å²) in [6.07, 6.45) is 3.47. The fourth-order valence-electron chi connectivity index (χ4n) is 1.15. The summed E-state index contributed by atoms with van der Waals surface area (Å²) in [5.41, 5.74) is 1.40. The van der Waals surface area contributed by atoms with E-state index in [2.05, 4.69) is 31.4 Å². The third-order valence-corrected chi connectivity index (χ3v) is 1.87. The summed E-state index contributed by atoms with van der Waals surface area (Å²) in [5, 5.41) is 6.75. The predicted octanol–water partition coefficient (Wildman–Crippen LogP) is 1.76. The highest BCUT2D eigenvalue weighted by atomic mass is 16.3. The van der Waals surface area contributed by atoms with Crippen LogP contribution in [0.5, 0.6) is 0 Å². The molecule has 0 saturated heterocycles. The Hall–Kier alpha value is -0.800. The van der Waals surface area contributed by atoms with E-state index >= 15 is 0 Å². The summed E-state index contributed by atoms with van der Waals surface area (Å²) in [4.78, 5) is 0. The van der Waals surface area contributed by atoms with Crippen LogP contribution in [0.1, 0.15) is 26.3 Å². The maximum atomic E-state index is 4.97. The molecule has 3 heteroatoms. The highest BCUT2D eigenvalue weighted by Gasteiger charge is 2.06. The zero-order valence-corrected chi connectivity index (χ0v) is 9.26. The number of rotatable bonds is 5. The lowest BCUT2D eigenvalue weighted by atomic mass is 10.1. The molecule has 0 atom stereocenters. The van der Waals surface area contributed by atoms with Crippen LogP contribution in [-0.2, 0) is 6.54 Å². The average Bonchev–Trinajstić information content (AvgIpc) is 2.54. The molecule has 0 aliphatic rings. The molecule has 0 aliphatic heterocycles. The van der Waals surface area contributed by atoms with Gasteiger partial charge >= 0.3 is 0 Å². The summed E-state index contributed by atoms with van der Waals surface area (Å²) in [7, 11) is 0. The minimum atomic E-state index is 0.206. The van der Waals surface area contributed by atoms with Crippen LogP contribution in [0.4, 0.5) is 0 Å². The SMILES string of the molecule is CC(C)(C)NCCNCc1ccoc1. The minimum Gasteiger partial charge on any atom is -0.472 e. The quantitative estimate of drug-likeness (QED) is 0.705. The van der Waals surface area contributed by atoms with Gasteiger partial charge in [0.1, 0.15) is 0 Å². The van der Waals surface area contributed by atoms with Gasteiger partial charge in [0.15, 0.2) is 0 Å². The first-order chi connectivity index (χ1) is 6.58. The monoisotopic (exact) mass is 196 g/mol. The lowest BCUT2D eigenvalue weighted by Gasteiger charge is -2.20. The van der Waals surface area contributed by atoms with Gasteiger partial charge in [0.2, 0.25) is 0 Å². The normalized spacial score (nSPS) is 11.9. The average molecular weight is 196 g/mol. The summed E-state index contributed by atoms with van der Waals surface area (Å²) in [6, 6.07) is 1.98. The van der Waals surface area contributed by atoms with E-state index < -0.39 is 0 Å². The van der Waals surface area contributed by atoms with Gasteiger partial charge in [-0.05, 0) is 26.8 Å². The Kier molecular flexibility index (Phi) is 4.17. The van der Waals surface area contributed by atoms with E-state index in [0.29, 0.717) is 0 Å². The van der Waals surface area contributed by atoms with Gasteiger partial charge in [-0.25, -0.2) is 0 Å². The van der Waals surface area contributed by atoms with Crippen LogP contribution >= 0.6 is 0 Å². The number of furan rings is 1. The molecular formula is C11H20N2O. The van der Waals surface area contributed by atoms with Crippen molar-refractivity contribution in [3.8, 4) is 0 Å². The van der Waals surface area contributed by atoms with Crippen LogP contribution < -0.4 is 10.6 Å². The van der Waals surface area contributed by atoms with Crippen molar-refractivity contribution < 1.29 is 4.42 Å². The molecule has 1 aromatic heterocycles. The molecule has 1 rings (SSSR count). The van der Waals surface area contributed by atoms with Crippen LogP contribution in [0.2, 0.25) is 0 Å². The lowest BCUT2D eigenvalue weighted by Crippen LogP contribution is -2.40. The summed E-state index contributed by atoms with van der Waals surface area (Å²) >= 11 is 0. The molecular weight excluding hydrogens is 176 g/mol. The molecule has 1 aromatic rings. The molecule has 3 nitrogen and oxygen atoms in total. The third-order valence-electron chi connectivity index (χ3n) is 1.87. The molecule has 80 valence electrons. The van der Waals surface area contributed by atoms with Crippen molar-refractivity contribution in [3.63, 3.8) is 0 Å². The molecule has 0 fully saturated rings. The van der Waals surface area contributed by atoms with Gasteiger partial charge in [-0.3, -0.25) is 0 Å². The summed E-state index contributed by atoms with van der Waals surface area (Å²) in [6.45, 7) is 9.35. The van der Waals surface area contributed by atoms with Crippen molar-refractivity contribution in [2.24, 2.45) is 0 Å². The molecule has 0 unspecified atom stereocenters.